The summed E-state index contributed by atoms with van der Waals surface area (Å²) in [6, 6.07) is 0.286. The van der Waals surface area contributed by atoms with Gasteiger partial charge in [-0.25, -0.2) is 0 Å². The number of hydrogen-bond acceptors (Lipinski definition) is 4. The molecule has 2 N–H and O–H groups in total. The van der Waals surface area contributed by atoms with Crippen LogP contribution in [-0.2, 0) is 0 Å². The lowest BCUT2D eigenvalue weighted by Crippen LogP contribution is -2.18. The molecule has 1 rings (SSSR count). The number of halogens is 1. The van der Waals surface area contributed by atoms with Gasteiger partial charge in [0.05, 0.1) is 6.54 Å². The van der Waals surface area contributed by atoms with Crippen LogP contribution in [0.15, 0.2) is 4.99 Å². The van der Waals surface area contributed by atoms with Crippen molar-refractivity contribution in [2.24, 2.45) is 10.7 Å². The van der Waals surface area contributed by atoms with E-state index in [0.29, 0.717) is 0 Å². The van der Waals surface area contributed by atoms with Crippen molar-refractivity contribution < 1.29 is 0 Å². The third-order valence-electron chi connectivity index (χ3n) is 1.03. The third kappa shape index (κ3) is 4.95. The van der Waals surface area contributed by atoms with Crippen molar-refractivity contribution in [3.05, 3.63) is 0 Å². The van der Waals surface area contributed by atoms with Crippen molar-refractivity contribution in [3.63, 3.8) is 0 Å². The quantitative estimate of drug-likeness (QED) is 0.756. The van der Waals surface area contributed by atoms with Crippen LogP contribution < -0.4 is 5.73 Å². The molecular weight excluding hydrogens is 200 g/mol. The van der Waals surface area contributed by atoms with Crippen LogP contribution in [0.1, 0.15) is 6.92 Å². The van der Waals surface area contributed by atoms with Gasteiger partial charge in [0, 0.05) is 17.5 Å². The highest BCUT2D eigenvalue weighted by atomic mass is 35.5. The largest absolute Gasteiger partial charge is 0.327 e. The van der Waals surface area contributed by atoms with Gasteiger partial charge in [-0.1, -0.05) is 23.5 Å². The second-order valence-corrected chi connectivity index (χ2v) is 4.64. The summed E-state index contributed by atoms with van der Waals surface area (Å²) < 4.78 is 1.22. The molecule has 0 radical (unpaired) electrons. The van der Waals surface area contributed by atoms with E-state index in [1.807, 2.05) is 18.7 Å². The van der Waals surface area contributed by atoms with Gasteiger partial charge in [-0.05, 0) is 6.92 Å². The lowest BCUT2D eigenvalue weighted by atomic mass is 10.4. The molecule has 0 bridgehead atoms. The van der Waals surface area contributed by atoms with Crippen LogP contribution in [0, 0.1) is 0 Å². The van der Waals surface area contributed by atoms with E-state index >= 15 is 0 Å². The van der Waals surface area contributed by atoms with E-state index < -0.39 is 0 Å². The molecule has 1 heterocycles. The summed E-state index contributed by atoms with van der Waals surface area (Å²) in [7, 11) is 0. The summed E-state index contributed by atoms with van der Waals surface area (Å²) in [6.07, 6.45) is 0. The maximum absolute atomic E-state index is 5.59. The number of nitrogens with two attached hydrogens (primary N) is 1. The van der Waals surface area contributed by atoms with E-state index in [1.54, 1.807) is 11.8 Å². The summed E-state index contributed by atoms with van der Waals surface area (Å²) in [5, 5.41) is 0. The highest BCUT2D eigenvalue weighted by molar-refractivity contribution is 8.39. The summed E-state index contributed by atoms with van der Waals surface area (Å²) in [4.78, 5) is 4.29. The Balaban J connectivity index is 0.000001000. The Hall–Kier alpha value is 0.620. The predicted molar refractivity (Wildman–Crippen MR) is 58.1 cm³/mol. The minimum atomic E-state index is 0. The lowest BCUT2D eigenvalue weighted by Gasteiger charge is -2.02. The van der Waals surface area contributed by atoms with Crippen molar-refractivity contribution in [3.8, 4) is 0 Å². The number of aliphatic imine (C=N–C) groups is 1. The van der Waals surface area contributed by atoms with Crippen LogP contribution in [0.4, 0.5) is 0 Å². The zero-order valence-corrected chi connectivity index (χ0v) is 8.90. The van der Waals surface area contributed by atoms with Gasteiger partial charge in [0.15, 0.2) is 0 Å². The summed E-state index contributed by atoms with van der Waals surface area (Å²) in [5.41, 5.74) is 5.59. The first-order valence-electron chi connectivity index (χ1n) is 3.34. The van der Waals surface area contributed by atoms with Gasteiger partial charge in [0.2, 0.25) is 0 Å². The molecule has 0 aliphatic carbocycles. The van der Waals surface area contributed by atoms with Crippen LogP contribution >= 0.6 is 35.9 Å². The number of hydrogen-bond donors (Lipinski definition) is 1. The van der Waals surface area contributed by atoms with E-state index in [2.05, 4.69) is 4.99 Å². The Morgan fingerprint density at radius 3 is 3.00 bits per heavy atom. The minimum Gasteiger partial charge on any atom is -0.327 e. The van der Waals surface area contributed by atoms with E-state index in [-0.39, 0.29) is 18.4 Å². The maximum Gasteiger partial charge on any atom is 0.124 e. The molecule has 0 aromatic carbocycles. The van der Waals surface area contributed by atoms with Gasteiger partial charge in [-0.2, -0.15) is 0 Å². The summed E-state index contributed by atoms with van der Waals surface area (Å²) >= 11 is 3.62. The Bertz CT molecular complexity index is 139. The number of thioether (sulfide) groups is 2. The molecule has 2 nitrogen and oxygen atoms in total. The zero-order chi connectivity index (χ0) is 7.40. The highest BCUT2D eigenvalue weighted by Crippen LogP contribution is 2.21. The Kier molecular flexibility index (Phi) is 6.52. The van der Waals surface area contributed by atoms with Crippen molar-refractivity contribution in [2.75, 3.05) is 18.1 Å². The molecule has 1 aliphatic heterocycles. The molecule has 0 aromatic heterocycles. The van der Waals surface area contributed by atoms with E-state index in [1.165, 1.54) is 4.38 Å². The first-order valence-corrected chi connectivity index (χ1v) is 5.32. The van der Waals surface area contributed by atoms with Crippen LogP contribution in [0.2, 0.25) is 0 Å². The van der Waals surface area contributed by atoms with Gasteiger partial charge < -0.3 is 5.73 Å². The van der Waals surface area contributed by atoms with E-state index in [9.17, 15) is 0 Å². The van der Waals surface area contributed by atoms with Gasteiger partial charge in [-0.3, -0.25) is 4.99 Å². The predicted octanol–water partition coefficient (Wildman–Crippen LogP) is 1.59. The van der Waals surface area contributed by atoms with Gasteiger partial charge in [-0.15, -0.1) is 12.4 Å². The van der Waals surface area contributed by atoms with Crippen LogP contribution in [-0.4, -0.2) is 28.5 Å². The van der Waals surface area contributed by atoms with Gasteiger partial charge in [0.1, 0.15) is 4.38 Å². The molecule has 1 unspecified atom stereocenters. The van der Waals surface area contributed by atoms with E-state index in [4.69, 9.17) is 5.73 Å². The molecule has 1 atom stereocenters. The molecule has 5 heteroatoms. The summed E-state index contributed by atoms with van der Waals surface area (Å²) in [5.74, 6) is 2.15. The highest BCUT2D eigenvalue weighted by Gasteiger charge is 2.07. The molecule has 11 heavy (non-hydrogen) atoms. The molecule has 0 saturated heterocycles. The summed E-state index contributed by atoms with van der Waals surface area (Å²) in [6.45, 7) is 3.01. The van der Waals surface area contributed by atoms with Crippen LogP contribution in [0.3, 0.4) is 0 Å². The van der Waals surface area contributed by atoms with Crippen molar-refractivity contribution in [1.29, 1.82) is 0 Å². The monoisotopic (exact) mass is 212 g/mol. The molecule has 0 aromatic rings. The standard InChI is InChI=1S/C6H12N2S2.ClH/c1-5(7)4-10-6-8-2-3-9-6;/h5H,2-4,7H2,1H3;1H. The fourth-order valence-corrected chi connectivity index (χ4v) is 2.52. The Morgan fingerprint density at radius 1 is 1.82 bits per heavy atom. The van der Waals surface area contributed by atoms with Crippen LogP contribution in [0.5, 0.6) is 0 Å². The zero-order valence-electron chi connectivity index (χ0n) is 6.45. The number of nitrogens with zero attached hydrogens (tertiary/aromatic N) is 1. The Morgan fingerprint density at radius 2 is 2.55 bits per heavy atom. The molecule has 0 amide bonds. The molecule has 66 valence electrons. The van der Waals surface area contributed by atoms with Crippen LogP contribution in [0.25, 0.3) is 0 Å². The molecule has 1 aliphatic rings. The average molecular weight is 213 g/mol. The van der Waals surface area contributed by atoms with Gasteiger partial charge >= 0.3 is 0 Å². The minimum absolute atomic E-state index is 0. The van der Waals surface area contributed by atoms with Crippen molar-refractivity contribution >= 4 is 40.3 Å². The Labute approximate surface area is 82.2 Å². The molecular formula is C6H13ClN2S2. The topological polar surface area (TPSA) is 38.4 Å². The fourth-order valence-electron chi connectivity index (χ4n) is 0.606. The third-order valence-corrected chi connectivity index (χ3v) is 3.57. The maximum atomic E-state index is 5.59. The first-order chi connectivity index (χ1) is 4.79. The molecule has 0 saturated carbocycles. The molecule has 0 fully saturated rings. The fraction of sp³-hybridized carbons (Fsp3) is 0.833. The van der Waals surface area contributed by atoms with Gasteiger partial charge in [0.25, 0.3) is 0 Å². The van der Waals surface area contributed by atoms with Crippen molar-refractivity contribution in [2.45, 2.75) is 13.0 Å². The first kappa shape index (κ1) is 11.6. The second-order valence-electron chi connectivity index (χ2n) is 2.28. The average Bonchev–Trinajstić information content (AvgIpc) is 2.34. The smallest absolute Gasteiger partial charge is 0.124 e. The van der Waals surface area contributed by atoms with Crippen molar-refractivity contribution in [1.82, 2.24) is 0 Å². The second kappa shape index (κ2) is 6.17. The molecule has 0 spiro atoms. The normalized spacial score (nSPS) is 18.9. The van der Waals surface area contributed by atoms with E-state index in [0.717, 1.165) is 18.1 Å². The lowest BCUT2D eigenvalue weighted by molar-refractivity contribution is 0.849. The SMILES string of the molecule is CC(N)CSC1=NCCS1.Cl. The number of rotatable bonds is 2.